The van der Waals surface area contributed by atoms with Crippen molar-refractivity contribution in [3.63, 3.8) is 0 Å². The second-order valence-electron chi connectivity index (χ2n) is 6.86. The highest BCUT2D eigenvalue weighted by Gasteiger charge is 2.14. The first-order valence-corrected chi connectivity index (χ1v) is 9.18. The predicted octanol–water partition coefficient (Wildman–Crippen LogP) is 4.52. The highest BCUT2D eigenvalue weighted by molar-refractivity contribution is 6.08. The maximum absolute atomic E-state index is 12.7. The Morgan fingerprint density at radius 3 is 2.24 bits per heavy atom. The van der Waals surface area contributed by atoms with Crippen molar-refractivity contribution >= 4 is 23.2 Å². The number of carbonyl (C=O) groups excluding carboxylic acids is 2. The van der Waals surface area contributed by atoms with Crippen LogP contribution in [0.25, 0.3) is 0 Å². The molecule has 148 valence electrons. The summed E-state index contributed by atoms with van der Waals surface area (Å²) in [6.45, 7) is 5.84. The minimum atomic E-state index is -0.375. The van der Waals surface area contributed by atoms with Crippen LogP contribution in [0.5, 0.6) is 5.75 Å². The largest absolute Gasteiger partial charge is 0.495 e. The number of aromatic nitrogens is 1. The summed E-state index contributed by atoms with van der Waals surface area (Å²) in [7, 11) is 1.54. The molecule has 0 spiro atoms. The van der Waals surface area contributed by atoms with E-state index in [0.29, 0.717) is 22.7 Å². The number of anilines is 2. The minimum Gasteiger partial charge on any atom is -0.495 e. The SMILES string of the molecule is COc1ccc(C)cc1NC(=O)c1ccnc(C(=O)Nc2ccc(C)cc2C)c1. The van der Waals surface area contributed by atoms with Gasteiger partial charge in [0.2, 0.25) is 0 Å². The second kappa shape index (κ2) is 8.56. The van der Waals surface area contributed by atoms with Crippen molar-refractivity contribution in [3.8, 4) is 5.75 Å². The average molecular weight is 389 g/mol. The monoisotopic (exact) mass is 389 g/mol. The van der Waals surface area contributed by atoms with Crippen LogP contribution in [0.1, 0.15) is 37.5 Å². The van der Waals surface area contributed by atoms with Gasteiger partial charge in [-0.25, -0.2) is 0 Å². The molecule has 2 aromatic carbocycles. The second-order valence-corrected chi connectivity index (χ2v) is 6.86. The zero-order valence-electron chi connectivity index (χ0n) is 16.9. The summed E-state index contributed by atoms with van der Waals surface area (Å²) in [5, 5.41) is 5.67. The van der Waals surface area contributed by atoms with E-state index < -0.39 is 0 Å². The third-order valence-electron chi connectivity index (χ3n) is 4.49. The Balaban J connectivity index is 1.79. The number of amides is 2. The van der Waals surface area contributed by atoms with E-state index in [9.17, 15) is 9.59 Å². The molecule has 2 N–H and O–H groups in total. The van der Waals surface area contributed by atoms with Gasteiger partial charge in [-0.1, -0.05) is 23.8 Å². The topological polar surface area (TPSA) is 80.3 Å². The van der Waals surface area contributed by atoms with Crippen LogP contribution in [-0.4, -0.2) is 23.9 Å². The number of hydrogen-bond donors (Lipinski definition) is 2. The fourth-order valence-corrected chi connectivity index (χ4v) is 2.95. The first-order chi connectivity index (χ1) is 13.9. The first-order valence-electron chi connectivity index (χ1n) is 9.18. The van der Waals surface area contributed by atoms with Gasteiger partial charge in [-0.15, -0.1) is 0 Å². The Hall–Kier alpha value is -3.67. The Kier molecular flexibility index (Phi) is 5.93. The molecule has 0 aliphatic carbocycles. The highest BCUT2D eigenvalue weighted by Crippen LogP contribution is 2.26. The molecule has 0 aliphatic rings. The Labute approximate surface area is 169 Å². The molecular weight excluding hydrogens is 366 g/mol. The molecule has 0 saturated heterocycles. The third-order valence-corrected chi connectivity index (χ3v) is 4.49. The Bertz CT molecular complexity index is 1080. The lowest BCUT2D eigenvalue weighted by Gasteiger charge is -2.12. The fourth-order valence-electron chi connectivity index (χ4n) is 2.95. The summed E-state index contributed by atoms with van der Waals surface area (Å²) < 4.78 is 5.29. The number of aryl methyl sites for hydroxylation is 3. The van der Waals surface area contributed by atoms with E-state index in [1.54, 1.807) is 19.2 Å². The van der Waals surface area contributed by atoms with Gasteiger partial charge >= 0.3 is 0 Å². The Morgan fingerprint density at radius 1 is 0.828 bits per heavy atom. The fraction of sp³-hybridized carbons (Fsp3) is 0.174. The molecule has 0 bridgehead atoms. The molecule has 0 aliphatic heterocycles. The molecule has 29 heavy (non-hydrogen) atoms. The standard InChI is InChI=1S/C23H23N3O3/c1-14-5-7-18(16(3)11-14)25-23(28)20-13-17(9-10-24-20)22(27)26-19-12-15(2)6-8-21(19)29-4/h5-13H,1-4H3,(H,25,28)(H,26,27). The van der Waals surface area contributed by atoms with Crippen molar-refractivity contribution in [2.75, 3.05) is 17.7 Å². The number of methoxy groups -OCH3 is 1. The number of ether oxygens (including phenoxy) is 1. The van der Waals surface area contributed by atoms with Gasteiger partial charge in [0.05, 0.1) is 12.8 Å². The molecule has 3 rings (SSSR count). The summed E-state index contributed by atoms with van der Waals surface area (Å²) in [6, 6.07) is 14.3. The molecule has 6 nitrogen and oxygen atoms in total. The molecule has 6 heteroatoms. The highest BCUT2D eigenvalue weighted by atomic mass is 16.5. The smallest absolute Gasteiger partial charge is 0.274 e. The molecule has 0 radical (unpaired) electrons. The summed E-state index contributed by atoms with van der Waals surface area (Å²) in [4.78, 5) is 29.4. The van der Waals surface area contributed by atoms with Gasteiger partial charge in [0.15, 0.2) is 0 Å². The van der Waals surface area contributed by atoms with Crippen molar-refractivity contribution in [2.24, 2.45) is 0 Å². The maximum Gasteiger partial charge on any atom is 0.274 e. The summed E-state index contributed by atoms with van der Waals surface area (Å²) in [5.41, 5.74) is 4.83. The molecule has 1 heterocycles. The van der Waals surface area contributed by atoms with Crippen LogP contribution in [0.4, 0.5) is 11.4 Å². The lowest BCUT2D eigenvalue weighted by atomic mass is 10.1. The number of pyridine rings is 1. The van der Waals surface area contributed by atoms with Crippen molar-refractivity contribution < 1.29 is 14.3 Å². The van der Waals surface area contributed by atoms with E-state index in [2.05, 4.69) is 15.6 Å². The summed E-state index contributed by atoms with van der Waals surface area (Å²) >= 11 is 0. The van der Waals surface area contributed by atoms with Gasteiger partial charge in [0.25, 0.3) is 11.8 Å². The number of nitrogens with zero attached hydrogens (tertiary/aromatic N) is 1. The molecule has 0 unspecified atom stereocenters. The lowest BCUT2D eigenvalue weighted by molar-refractivity contribution is 0.102. The van der Waals surface area contributed by atoms with Crippen LogP contribution in [0.15, 0.2) is 54.7 Å². The normalized spacial score (nSPS) is 10.3. The molecule has 3 aromatic rings. The first kappa shape index (κ1) is 20.1. The van der Waals surface area contributed by atoms with Crippen LogP contribution in [0.2, 0.25) is 0 Å². The van der Waals surface area contributed by atoms with Crippen LogP contribution < -0.4 is 15.4 Å². The van der Waals surface area contributed by atoms with E-state index in [1.807, 2.05) is 51.1 Å². The molecule has 0 fully saturated rings. The van der Waals surface area contributed by atoms with E-state index in [4.69, 9.17) is 4.74 Å². The number of nitrogens with one attached hydrogen (secondary N) is 2. The molecule has 0 saturated carbocycles. The van der Waals surface area contributed by atoms with E-state index >= 15 is 0 Å². The number of hydrogen-bond acceptors (Lipinski definition) is 4. The van der Waals surface area contributed by atoms with Crippen molar-refractivity contribution in [2.45, 2.75) is 20.8 Å². The third kappa shape index (κ3) is 4.79. The van der Waals surface area contributed by atoms with Crippen molar-refractivity contribution in [1.82, 2.24) is 4.98 Å². The molecule has 0 atom stereocenters. The molecular formula is C23H23N3O3. The van der Waals surface area contributed by atoms with E-state index in [0.717, 1.165) is 16.7 Å². The summed E-state index contributed by atoms with van der Waals surface area (Å²) in [6.07, 6.45) is 1.44. The van der Waals surface area contributed by atoms with Crippen LogP contribution in [0.3, 0.4) is 0 Å². The molecule has 1 aromatic heterocycles. The van der Waals surface area contributed by atoms with Gasteiger partial charge in [-0.2, -0.15) is 0 Å². The van der Waals surface area contributed by atoms with Gasteiger partial charge in [0.1, 0.15) is 11.4 Å². The van der Waals surface area contributed by atoms with Gasteiger partial charge in [0, 0.05) is 17.4 Å². The quantitative estimate of drug-likeness (QED) is 0.672. The zero-order chi connectivity index (χ0) is 21.0. The van der Waals surface area contributed by atoms with Gasteiger partial charge in [-0.05, 0) is 62.2 Å². The Morgan fingerprint density at radius 2 is 1.52 bits per heavy atom. The van der Waals surface area contributed by atoms with Crippen LogP contribution in [-0.2, 0) is 0 Å². The maximum atomic E-state index is 12.7. The van der Waals surface area contributed by atoms with Crippen molar-refractivity contribution in [1.29, 1.82) is 0 Å². The van der Waals surface area contributed by atoms with Gasteiger partial charge < -0.3 is 15.4 Å². The average Bonchev–Trinajstić information content (AvgIpc) is 2.70. The number of benzene rings is 2. The van der Waals surface area contributed by atoms with Gasteiger partial charge in [-0.3, -0.25) is 14.6 Å². The minimum absolute atomic E-state index is 0.161. The summed E-state index contributed by atoms with van der Waals surface area (Å²) in [5.74, 6) is -0.164. The predicted molar refractivity (Wildman–Crippen MR) is 114 cm³/mol. The van der Waals surface area contributed by atoms with E-state index in [-0.39, 0.29) is 17.5 Å². The number of carbonyl (C=O) groups is 2. The van der Waals surface area contributed by atoms with Crippen LogP contribution in [0, 0.1) is 20.8 Å². The van der Waals surface area contributed by atoms with E-state index in [1.165, 1.54) is 12.3 Å². The number of rotatable bonds is 5. The van der Waals surface area contributed by atoms with Crippen LogP contribution >= 0.6 is 0 Å². The lowest BCUT2D eigenvalue weighted by Crippen LogP contribution is -2.17. The van der Waals surface area contributed by atoms with Crippen molar-refractivity contribution in [3.05, 3.63) is 82.7 Å². The molecule has 2 amide bonds. The zero-order valence-corrected chi connectivity index (χ0v) is 16.9.